The van der Waals surface area contributed by atoms with Gasteiger partial charge in [-0.15, -0.1) is 0 Å². The number of piperidine rings is 1. The molecule has 3 aromatic rings. The van der Waals surface area contributed by atoms with Gasteiger partial charge in [-0.05, 0) is 43.0 Å². The molecule has 1 fully saturated rings. The van der Waals surface area contributed by atoms with Crippen molar-refractivity contribution in [2.24, 2.45) is 0 Å². The zero-order chi connectivity index (χ0) is 20.8. The van der Waals surface area contributed by atoms with Crippen LogP contribution >= 0.6 is 0 Å². The van der Waals surface area contributed by atoms with E-state index >= 15 is 0 Å². The van der Waals surface area contributed by atoms with Gasteiger partial charge in [-0.25, -0.2) is 4.98 Å². The van der Waals surface area contributed by atoms with Crippen LogP contribution in [0, 0.1) is 6.92 Å². The van der Waals surface area contributed by atoms with Crippen LogP contribution in [0.4, 0.5) is 0 Å². The van der Waals surface area contributed by atoms with Crippen LogP contribution < -0.4 is 0 Å². The summed E-state index contributed by atoms with van der Waals surface area (Å²) in [6.45, 7) is 6.20. The summed E-state index contributed by atoms with van der Waals surface area (Å²) in [5, 5.41) is 0. The van der Waals surface area contributed by atoms with Crippen molar-refractivity contribution in [3.63, 3.8) is 0 Å². The number of aromatic nitrogens is 1. The molecule has 5 heteroatoms. The number of rotatable bonds is 8. The van der Waals surface area contributed by atoms with Crippen molar-refractivity contribution in [3.05, 3.63) is 66.1 Å². The number of benzene rings is 2. The van der Waals surface area contributed by atoms with Gasteiger partial charge in [0.05, 0.1) is 25.0 Å². The molecule has 0 atom stereocenters. The molecule has 0 amide bonds. The SMILES string of the molecule is COCCOC1CCN(Cc2nc(-c3ccc(-c4ccccc4)cc3)oc2C)CC1. The van der Waals surface area contributed by atoms with Gasteiger partial charge in [-0.3, -0.25) is 4.90 Å². The van der Waals surface area contributed by atoms with Gasteiger partial charge in [-0.1, -0.05) is 42.5 Å². The van der Waals surface area contributed by atoms with Gasteiger partial charge in [0.15, 0.2) is 0 Å². The molecule has 0 N–H and O–H groups in total. The van der Waals surface area contributed by atoms with E-state index in [1.54, 1.807) is 7.11 Å². The molecule has 158 valence electrons. The zero-order valence-corrected chi connectivity index (χ0v) is 17.8. The van der Waals surface area contributed by atoms with E-state index in [-0.39, 0.29) is 0 Å². The van der Waals surface area contributed by atoms with Crippen molar-refractivity contribution in [2.45, 2.75) is 32.4 Å². The summed E-state index contributed by atoms with van der Waals surface area (Å²) in [5.74, 6) is 1.59. The second-order valence-corrected chi connectivity index (χ2v) is 7.80. The van der Waals surface area contributed by atoms with Crippen LogP contribution in [0.25, 0.3) is 22.6 Å². The molecule has 2 aromatic carbocycles. The van der Waals surface area contributed by atoms with Gasteiger partial charge < -0.3 is 13.9 Å². The molecule has 4 rings (SSSR count). The zero-order valence-electron chi connectivity index (χ0n) is 17.8. The number of methoxy groups -OCH3 is 1. The first-order chi connectivity index (χ1) is 14.7. The van der Waals surface area contributed by atoms with Gasteiger partial charge in [0.2, 0.25) is 5.89 Å². The third-order valence-electron chi connectivity index (χ3n) is 5.68. The highest BCUT2D eigenvalue weighted by atomic mass is 16.5. The summed E-state index contributed by atoms with van der Waals surface area (Å²) in [6, 6.07) is 18.8. The molecule has 0 aliphatic carbocycles. The summed E-state index contributed by atoms with van der Waals surface area (Å²) in [7, 11) is 1.71. The third kappa shape index (κ3) is 5.17. The quantitative estimate of drug-likeness (QED) is 0.496. The van der Waals surface area contributed by atoms with Crippen LogP contribution in [-0.4, -0.2) is 49.4 Å². The fourth-order valence-electron chi connectivity index (χ4n) is 3.88. The molecule has 1 saturated heterocycles. The van der Waals surface area contributed by atoms with Gasteiger partial charge in [-0.2, -0.15) is 0 Å². The Morgan fingerprint density at radius 3 is 2.30 bits per heavy atom. The van der Waals surface area contributed by atoms with E-state index in [1.807, 2.05) is 13.0 Å². The molecular formula is C25H30N2O3. The lowest BCUT2D eigenvalue weighted by Gasteiger charge is -2.31. The molecule has 0 spiro atoms. The summed E-state index contributed by atoms with van der Waals surface area (Å²) in [5.41, 5.74) is 4.44. The van der Waals surface area contributed by atoms with E-state index in [2.05, 4.69) is 53.4 Å². The number of oxazole rings is 1. The summed E-state index contributed by atoms with van der Waals surface area (Å²) < 4.78 is 16.9. The van der Waals surface area contributed by atoms with Crippen molar-refractivity contribution in [2.75, 3.05) is 33.4 Å². The van der Waals surface area contributed by atoms with E-state index in [0.717, 1.165) is 49.5 Å². The molecule has 1 aliphatic heterocycles. The van der Waals surface area contributed by atoms with E-state index in [9.17, 15) is 0 Å². The maximum absolute atomic E-state index is 6.00. The summed E-state index contributed by atoms with van der Waals surface area (Å²) in [6.07, 6.45) is 2.44. The molecule has 0 unspecified atom stereocenters. The van der Waals surface area contributed by atoms with E-state index in [4.69, 9.17) is 18.9 Å². The van der Waals surface area contributed by atoms with Gasteiger partial charge >= 0.3 is 0 Å². The Balaban J connectivity index is 1.36. The standard InChI is InChI=1S/C25H30N2O3/c1-19-24(18-27-14-12-23(13-15-27)29-17-16-28-2)26-25(30-19)22-10-8-21(9-11-22)20-6-4-3-5-7-20/h3-11,23H,12-18H2,1-2H3. The molecule has 0 radical (unpaired) electrons. The van der Waals surface area contributed by atoms with Gasteiger partial charge in [0, 0.05) is 32.3 Å². The minimum Gasteiger partial charge on any atom is -0.441 e. The summed E-state index contributed by atoms with van der Waals surface area (Å²) in [4.78, 5) is 7.23. The lowest BCUT2D eigenvalue weighted by Crippen LogP contribution is -2.37. The number of hydrogen-bond donors (Lipinski definition) is 0. The molecule has 1 aromatic heterocycles. The first-order valence-electron chi connectivity index (χ1n) is 10.7. The Bertz CT molecular complexity index is 913. The Labute approximate surface area is 178 Å². The molecule has 1 aliphatic rings. The average molecular weight is 407 g/mol. The number of nitrogens with zero attached hydrogens (tertiary/aromatic N) is 2. The average Bonchev–Trinajstić information content (AvgIpc) is 3.16. The highest BCUT2D eigenvalue weighted by Crippen LogP contribution is 2.27. The smallest absolute Gasteiger partial charge is 0.226 e. The second-order valence-electron chi connectivity index (χ2n) is 7.80. The van der Waals surface area contributed by atoms with Crippen molar-refractivity contribution >= 4 is 0 Å². The van der Waals surface area contributed by atoms with Crippen molar-refractivity contribution in [1.29, 1.82) is 0 Å². The third-order valence-corrected chi connectivity index (χ3v) is 5.68. The first-order valence-corrected chi connectivity index (χ1v) is 10.7. The predicted molar refractivity (Wildman–Crippen MR) is 118 cm³/mol. The predicted octanol–water partition coefficient (Wildman–Crippen LogP) is 4.94. The van der Waals surface area contributed by atoms with Crippen LogP contribution in [0.1, 0.15) is 24.3 Å². The van der Waals surface area contributed by atoms with Crippen molar-refractivity contribution in [1.82, 2.24) is 9.88 Å². The Morgan fingerprint density at radius 1 is 0.933 bits per heavy atom. The number of ether oxygens (including phenoxy) is 2. The highest BCUT2D eigenvalue weighted by Gasteiger charge is 2.22. The summed E-state index contributed by atoms with van der Waals surface area (Å²) >= 11 is 0. The Morgan fingerprint density at radius 2 is 1.60 bits per heavy atom. The Hall–Kier alpha value is -2.47. The van der Waals surface area contributed by atoms with Crippen LogP contribution in [0.3, 0.4) is 0 Å². The van der Waals surface area contributed by atoms with Gasteiger partial charge in [0.1, 0.15) is 5.76 Å². The maximum Gasteiger partial charge on any atom is 0.226 e. The number of likely N-dealkylation sites (tertiary alicyclic amines) is 1. The highest BCUT2D eigenvalue weighted by molar-refractivity contribution is 5.67. The second kappa shape index (κ2) is 10.0. The van der Waals surface area contributed by atoms with Crippen LogP contribution in [0.2, 0.25) is 0 Å². The minimum atomic E-state index is 0.341. The minimum absolute atomic E-state index is 0.341. The first kappa shape index (κ1) is 20.8. The molecule has 30 heavy (non-hydrogen) atoms. The fraction of sp³-hybridized carbons (Fsp3) is 0.400. The monoisotopic (exact) mass is 406 g/mol. The van der Waals surface area contributed by atoms with Crippen LogP contribution in [0.5, 0.6) is 0 Å². The Kier molecular flexibility index (Phi) is 6.95. The molecule has 0 saturated carbocycles. The fourth-order valence-corrected chi connectivity index (χ4v) is 3.88. The van der Waals surface area contributed by atoms with E-state index < -0.39 is 0 Å². The topological polar surface area (TPSA) is 47.7 Å². The maximum atomic E-state index is 6.00. The molecule has 5 nitrogen and oxygen atoms in total. The van der Waals surface area contributed by atoms with E-state index in [0.29, 0.717) is 25.2 Å². The lowest BCUT2D eigenvalue weighted by atomic mass is 10.0. The van der Waals surface area contributed by atoms with Crippen LogP contribution in [-0.2, 0) is 16.0 Å². The number of hydrogen-bond acceptors (Lipinski definition) is 5. The molecule has 0 bridgehead atoms. The normalized spacial score (nSPS) is 15.5. The van der Waals surface area contributed by atoms with E-state index in [1.165, 1.54) is 11.1 Å². The lowest BCUT2D eigenvalue weighted by molar-refractivity contribution is -0.0159. The van der Waals surface area contributed by atoms with Crippen molar-refractivity contribution in [3.8, 4) is 22.6 Å². The van der Waals surface area contributed by atoms with Gasteiger partial charge in [0.25, 0.3) is 0 Å². The number of aryl methyl sites for hydroxylation is 1. The largest absolute Gasteiger partial charge is 0.441 e. The molecular weight excluding hydrogens is 376 g/mol. The molecule has 2 heterocycles. The van der Waals surface area contributed by atoms with Crippen LogP contribution in [0.15, 0.2) is 59.0 Å². The van der Waals surface area contributed by atoms with Crippen molar-refractivity contribution < 1.29 is 13.9 Å².